The Balaban J connectivity index is 1.30. The molecule has 1 atom stereocenters. The summed E-state index contributed by atoms with van der Waals surface area (Å²) in [6.07, 6.45) is 0.990. The predicted octanol–water partition coefficient (Wildman–Crippen LogP) is 3.53. The third-order valence-electron chi connectivity index (χ3n) is 6.00. The van der Waals surface area contributed by atoms with Gasteiger partial charge in [0.05, 0.1) is 11.3 Å². The van der Waals surface area contributed by atoms with Gasteiger partial charge in [0.15, 0.2) is 0 Å². The number of aromatic nitrogens is 2. The number of fused-ring (bicyclic) bond motifs is 3. The van der Waals surface area contributed by atoms with Crippen LogP contribution in [0.4, 0.5) is 10.8 Å². The number of nitrogens with one attached hydrogen (secondary N) is 1. The fourth-order valence-electron chi connectivity index (χ4n) is 4.41. The topological polar surface area (TPSA) is 95.5 Å². The van der Waals surface area contributed by atoms with Gasteiger partial charge in [-0.15, -0.1) is 10.2 Å². The minimum absolute atomic E-state index is 0.01000. The van der Waals surface area contributed by atoms with Crippen LogP contribution in [0.25, 0.3) is 10.6 Å². The summed E-state index contributed by atoms with van der Waals surface area (Å²) < 4.78 is 0. The van der Waals surface area contributed by atoms with Crippen molar-refractivity contribution < 1.29 is 14.4 Å². The molecule has 162 valence electrons. The minimum Gasteiger partial charge on any atom is -0.315 e. The van der Waals surface area contributed by atoms with Crippen molar-refractivity contribution in [1.82, 2.24) is 15.1 Å². The van der Waals surface area contributed by atoms with E-state index in [1.807, 2.05) is 43.3 Å². The predicted molar refractivity (Wildman–Crippen MR) is 121 cm³/mol. The van der Waals surface area contributed by atoms with E-state index in [1.165, 1.54) is 11.3 Å². The quantitative estimate of drug-likeness (QED) is 0.646. The van der Waals surface area contributed by atoms with Crippen LogP contribution in [-0.2, 0) is 9.59 Å². The van der Waals surface area contributed by atoms with Crippen LogP contribution in [0.1, 0.15) is 36.5 Å². The van der Waals surface area contributed by atoms with E-state index in [9.17, 15) is 14.4 Å². The molecule has 1 fully saturated rings. The number of hydrogen-bond donors (Lipinski definition) is 1. The van der Waals surface area contributed by atoms with E-state index in [1.54, 1.807) is 28.0 Å². The Morgan fingerprint density at radius 2 is 1.84 bits per heavy atom. The van der Waals surface area contributed by atoms with Crippen molar-refractivity contribution in [1.29, 1.82) is 0 Å². The fourth-order valence-corrected chi connectivity index (χ4v) is 5.17. The molecule has 0 bridgehead atoms. The van der Waals surface area contributed by atoms with Crippen LogP contribution in [-0.4, -0.2) is 45.0 Å². The SMILES string of the molecule is CC12CCC(=O)N1c1ccccc1C(=O)N2CCC(=O)Nc1nnc(-c2ccccc2)s1. The number of benzene rings is 2. The highest BCUT2D eigenvalue weighted by Crippen LogP contribution is 2.44. The van der Waals surface area contributed by atoms with E-state index < -0.39 is 5.66 Å². The second kappa shape index (κ2) is 7.83. The van der Waals surface area contributed by atoms with Gasteiger partial charge in [-0.2, -0.15) is 0 Å². The third-order valence-corrected chi connectivity index (χ3v) is 6.89. The van der Waals surface area contributed by atoms with Crippen molar-refractivity contribution in [2.45, 2.75) is 31.8 Å². The van der Waals surface area contributed by atoms with Crippen LogP contribution >= 0.6 is 11.3 Å². The Hall–Kier alpha value is -3.59. The standard InChI is InChI=1S/C23H21N5O3S/c1-23-13-11-19(30)28(23)17-10-6-5-9-16(17)21(31)27(23)14-12-18(29)24-22-26-25-20(32-22)15-7-3-2-4-8-15/h2-10H,11-14H2,1H3,(H,24,26,29). The molecule has 32 heavy (non-hydrogen) atoms. The number of anilines is 2. The van der Waals surface area contributed by atoms with Crippen molar-refractivity contribution in [3.05, 3.63) is 60.2 Å². The van der Waals surface area contributed by atoms with Gasteiger partial charge in [-0.05, 0) is 25.5 Å². The molecule has 2 aliphatic heterocycles. The maximum Gasteiger partial charge on any atom is 0.257 e. The first kappa shape index (κ1) is 20.3. The largest absolute Gasteiger partial charge is 0.315 e. The van der Waals surface area contributed by atoms with Gasteiger partial charge < -0.3 is 10.2 Å². The van der Waals surface area contributed by atoms with Gasteiger partial charge in [0, 0.05) is 24.9 Å². The number of nitrogens with zero attached hydrogens (tertiary/aromatic N) is 4. The summed E-state index contributed by atoms with van der Waals surface area (Å²) >= 11 is 1.29. The van der Waals surface area contributed by atoms with Crippen molar-refractivity contribution in [2.24, 2.45) is 0 Å². The maximum absolute atomic E-state index is 13.2. The molecule has 2 aliphatic rings. The number of hydrogen-bond acceptors (Lipinski definition) is 6. The van der Waals surface area contributed by atoms with Crippen molar-refractivity contribution in [3.8, 4) is 10.6 Å². The van der Waals surface area contributed by atoms with Gasteiger partial charge in [0.2, 0.25) is 16.9 Å². The van der Waals surface area contributed by atoms with E-state index in [0.29, 0.717) is 29.2 Å². The van der Waals surface area contributed by atoms with Crippen LogP contribution in [0.3, 0.4) is 0 Å². The average molecular weight is 448 g/mol. The van der Waals surface area contributed by atoms with Crippen molar-refractivity contribution >= 4 is 39.9 Å². The lowest BCUT2D eigenvalue weighted by Gasteiger charge is -2.48. The molecule has 0 aliphatic carbocycles. The van der Waals surface area contributed by atoms with E-state index in [-0.39, 0.29) is 30.7 Å². The van der Waals surface area contributed by atoms with E-state index >= 15 is 0 Å². The Morgan fingerprint density at radius 3 is 2.66 bits per heavy atom. The van der Waals surface area contributed by atoms with Gasteiger partial charge in [0.1, 0.15) is 10.7 Å². The highest BCUT2D eigenvalue weighted by molar-refractivity contribution is 7.18. The number of carbonyl (C=O) groups is 3. The lowest BCUT2D eigenvalue weighted by Crippen LogP contribution is -2.62. The minimum atomic E-state index is -0.772. The molecule has 0 saturated carbocycles. The molecule has 1 aromatic heterocycles. The van der Waals surface area contributed by atoms with Gasteiger partial charge in [-0.1, -0.05) is 53.8 Å². The van der Waals surface area contributed by atoms with Gasteiger partial charge in [0.25, 0.3) is 5.91 Å². The van der Waals surface area contributed by atoms with E-state index in [0.717, 1.165) is 10.6 Å². The number of rotatable bonds is 5. The molecular weight excluding hydrogens is 426 g/mol. The summed E-state index contributed by atoms with van der Waals surface area (Å²) in [6.45, 7) is 2.09. The Labute approximate surface area is 188 Å². The smallest absolute Gasteiger partial charge is 0.257 e. The second-order valence-corrected chi connectivity index (χ2v) is 8.97. The van der Waals surface area contributed by atoms with Gasteiger partial charge >= 0.3 is 0 Å². The molecule has 1 N–H and O–H groups in total. The van der Waals surface area contributed by atoms with Crippen molar-refractivity contribution in [2.75, 3.05) is 16.8 Å². The van der Waals surface area contributed by atoms with Crippen molar-refractivity contribution in [3.63, 3.8) is 0 Å². The molecule has 8 nitrogen and oxygen atoms in total. The highest BCUT2D eigenvalue weighted by Gasteiger charge is 2.52. The van der Waals surface area contributed by atoms with Gasteiger partial charge in [-0.3, -0.25) is 19.3 Å². The summed E-state index contributed by atoms with van der Waals surface area (Å²) in [4.78, 5) is 41.8. The molecule has 1 unspecified atom stereocenters. The van der Waals surface area contributed by atoms with E-state index in [4.69, 9.17) is 0 Å². The summed E-state index contributed by atoms with van der Waals surface area (Å²) in [5.74, 6) is -0.430. The molecule has 9 heteroatoms. The number of carbonyl (C=O) groups excluding carboxylic acids is 3. The summed E-state index contributed by atoms with van der Waals surface area (Å²) in [6, 6.07) is 16.8. The first-order valence-corrected chi connectivity index (χ1v) is 11.2. The van der Waals surface area contributed by atoms with Crippen LogP contribution in [0.2, 0.25) is 0 Å². The molecular formula is C23H21N5O3S. The van der Waals surface area contributed by atoms with Gasteiger partial charge in [-0.25, -0.2) is 0 Å². The fraction of sp³-hybridized carbons (Fsp3) is 0.261. The number of amides is 3. The summed E-state index contributed by atoms with van der Waals surface area (Å²) in [7, 11) is 0. The molecule has 0 spiro atoms. The molecule has 0 radical (unpaired) electrons. The molecule has 1 saturated heterocycles. The first-order valence-electron chi connectivity index (χ1n) is 10.4. The molecule has 5 rings (SSSR count). The summed E-state index contributed by atoms with van der Waals surface area (Å²) in [5, 5.41) is 12.1. The zero-order chi connectivity index (χ0) is 22.3. The van der Waals surface area contributed by atoms with Crippen LogP contribution in [0.5, 0.6) is 0 Å². The average Bonchev–Trinajstić information content (AvgIpc) is 3.39. The monoisotopic (exact) mass is 447 g/mol. The normalized spacial score (nSPS) is 19.7. The maximum atomic E-state index is 13.2. The Kier molecular flexibility index (Phi) is 4.97. The van der Waals surface area contributed by atoms with Crippen LogP contribution in [0, 0.1) is 0 Å². The lowest BCUT2D eigenvalue weighted by atomic mass is 9.98. The van der Waals surface area contributed by atoms with Crippen LogP contribution in [0.15, 0.2) is 54.6 Å². The molecule has 3 heterocycles. The molecule has 3 aromatic rings. The van der Waals surface area contributed by atoms with E-state index in [2.05, 4.69) is 15.5 Å². The number of para-hydroxylation sites is 1. The first-order chi connectivity index (χ1) is 15.5. The molecule has 3 amide bonds. The second-order valence-electron chi connectivity index (χ2n) is 8.00. The third kappa shape index (κ3) is 3.34. The molecule has 2 aromatic carbocycles. The zero-order valence-electron chi connectivity index (χ0n) is 17.4. The van der Waals surface area contributed by atoms with Crippen LogP contribution < -0.4 is 10.2 Å². The Bertz CT molecular complexity index is 1210. The lowest BCUT2D eigenvalue weighted by molar-refractivity contribution is -0.117. The zero-order valence-corrected chi connectivity index (χ0v) is 18.3. The highest BCUT2D eigenvalue weighted by atomic mass is 32.1. The Morgan fingerprint density at radius 1 is 1.09 bits per heavy atom. The summed E-state index contributed by atoms with van der Waals surface area (Å²) in [5.41, 5.74) is 1.29.